The normalized spacial score (nSPS) is 10.9. The number of halogens is 2. The number of hydrogen-bond donors (Lipinski definition) is 0. The molecule has 26 heavy (non-hydrogen) atoms. The second kappa shape index (κ2) is 8.70. The second-order valence-corrected chi connectivity index (χ2v) is 6.43. The Balaban J connectivity index is 1.53. The molecule has 0 saturated heterocycles. The van der Waals surface area contributed by atoms with Gasteiger partial charge in [0, 0.05) is 33.4 Å². The van der Waals surface area contributed by atoms with E-state index in [0.29, 0.717) is 15.9 Å². The molecule has 0 saturated carbocycles. The first kappa shape index (κ1) is 18.2. The van der Waals surface area contributed by atoms with Gasteiger partial charge in [-0.05, 0) is 37.3 Å². The molecule has 3 rings (SSSR count). The van der Waals surface area contributed by atoms with Gasteiger partial charge in [0.05, 0.1) is 6.21 Å². The van der Waals surface area contributed by atoms with Gasteiger partial charge in [0.15, 0.2) is 0 Å². The fraction of sp³-hybridized carbons (Fsp3) is 0.100. The first-order valence-electron chi connectivity index (χ1n) is 7.90. The van der Waals surface area contributed by atoms with Gasteiger partial charge in [0.2, 0.25) is 5.88 Å². The Bertz CT molecular complexity index is 895. The maximum absolute atomic E-state index is 6.08. The van der Waals surface area contributed by atoms with Crippen LogP contribution in [0.25, 0.3) is 0 Å². The highest BCUT2D eigenvalue weighted by atomic mass is 35.5. The van der Waals surface area contributed by atoms with E-state index >= 15 is 0 Å². The van der Waals surface area contributed by atoms with Crippen LogP contribution in [0.15, 0.2) is 65.9 Å². The van der Waals surface area contributed by atoms with E-state index in [4.69, 9.17) is 32.8 Å². The van der Waals surface area contributed by atoms with E-state index in [1.165, 1.54) is 5.56 Å². The molecule has 3 aromatic rings. The summed E-state index contributed by atoms with van der Waals surface area (Å²) in [5.41, 5.74) is 2.79. The summed E-state index contributed by atoms with van der Waals surface area (Å²) in [6, 6.07) is 16.6. The lowest BCUT2D eigenvalue weighted by Crippen LogP contribution is -1.91. The molecule has 0 amide bonds. The number of hydrogen-bond acceptors (Lipinski definition) is 4. The molecule has 0 radical (unpaired) electrons. The Morgan fingerprint density at radius 1 is 1.04 bits per heavy atom. The van der Waals surface area contributed by atoms with Crippen LogP contribution in [0, 0.1) is 6.92 Å². The van der Waals surface area contributed by atoms with E-state index in [1.807, 2.05) is 37.3 Å². The van der Waals surface area contributed by atoms with Crippen LogP contribution in [-0.4, -0.2) is 11.2 Å². The van der Waals surface area contributed by atoms with Gasteiger partial charge in [0.25, 0.3) is 0 Å². The monoisotopic (exact) mass is 386 g/mol. The number of benzene rings is 2. The SMILES string of the molecule is Cc1ccc(Oc2ccc(/C=N\OCc3ccc(Cl)cc3Cl)cn2)cc1. The predicted molar refractivity (Wildman–Crippen MR) is 104 cm³/mol. The molecule has 0 atom stereocenters. The Morgan fingerprint density at radius 2 is 1.85 bits per heavy atom. The van der Waals surface area contributed by atoms with E-state index < -0.39 is 0 Å². The van der Waals surface area contributed by atoms with E-state index in [0.717, 1.165) is 16.9 Å². The Kier molecular flexibility index (Phi) is 6.10. The molecule has 1 heterocycles. The van der Waals surface area contributed by atoms with Gasteiger partial charge in [-0.1, -0.05) is 52.1 Å². The predicted octanol–water partition coefficient (Wildman–Crippen LogP) is 6.04. The lowest BCUT2D eigenvalue weighted by molar-refractivity contribution is 0.132. The standard InChI is InChI=1S/C20H16Cl2N2O2/c1-14-2-7-18(8-3-14)26-20-9-4-15(11-23-20)12-24-25-13-16-5-6-17(21)10-19(16)22/h2-12H,13H2,1H3/b24-12-. The number of ether oxygens (including phenoxy) is 1. The van der Waals surface area contributed by atoms with Crippen LogP contribution in [-0.2, 0) is 11.4 Å². The molecule has 0 bridgehead atoms. The fourth-order valence-electron chi connectivity index (χ4n) is 2.10. The van der Waals surface area contributed by atoms with Crippen molar-refractivity contribution in [3.8, 4) is 11.6 Å². The quantitative estimate of drug-likeness (QED) is 0.383. The fourth-order valence-corrected chi connectivity index (χ4v) is 2.56. The molecule has 2 aromatic carbocycles. The van der Waals surface area contributed by atoms with Gasteiger partial charge >= 0.3 is 0 Å². The average Bonchev–Trinajstić information content (AvgIpc) is 2.63. The van der Waals surface area contributed by atoms with Crippen molar-refractivity contribution in [2.75, 3.05) is 0 Å². The molecule has 0 aliphatic carbocycles. The highest BCUT2D eigenvalue weighted by molar-refractivity contribution is 6.35. The number of rotatable bonds is 6. The summed E-state index contributed by atoms with van der Waals surface area (Å²) < 4.78 is 5.68. The molecule has 0 aliphatic rings. The first-order valence-corrected chi connectivity index (χ1v) is 8.65. The molecule has 0 spiro atoms. The van der Waals surface area contributed by atoms with E-state index in [-0.39, 0.29) is 6.61 Å². The maximum atomic E-state index is 6.08. The molecule has 0 unspecified atom stereocenters. The summed E-state index contributed by atoms with van der Waals surface area (Å²) >= 11 is 11.9. The molecule has 132 valence electrons. The van der Waals surface area contributed by atoms with Crippen LogP contribution in [0.4, 0.5) is 0 Å². The molecule has 1 aromatic heterocycles. The van der Waals surface area contributed by atoms with Crippen molar-refractivity contribution in [2.45, 2.75) is 13.5 Å². The van der Waals surface area contributed by atoms with Gasteiger partial charge in [-0.2, -0.15) is 0 Å². The lowest BCUT2D eigenvalue weighted by Gasteiger charge is -2.05. The highest BCUT2D eigenvalue weighted by Crippen LogP contribution is 2.22. The van der Waals surface area contributed by atoms with Gasteiger partial charge in [-0.25, -0.2) is 4.98 Å². The Morgan fingerprint density at radius 3 is 2.54 bits per heavy atom. The summed E-state index contributed by atoms with van der Waals surface area (Å²) in [6.45, 7) is 2.29. The van der Waals surface area contributed by atoms with Gasteiger partial charge in [-0.15, -0.1) is 0 Å². The third kappa shape index (κ3) is 5.22. The zero-order chi connectivity index (χ0) is 18.4. The smallest absolute Gasteiger partial charge is 0.219 e. The minimum Gasteiger partial charge on any atom is -0.439 e. The Labute approximate surface area is 162 Å². The zero-order valence-electron chi connectivity index (χ0n) is 14.0. The summed E-state index contributed by atoms with van der Waals surface area (Å²) in [6.07, 6.45) is 3.23. The van der Waals surface area contributed by atoms with Gasteiger partial charge < -0.3 is 9.57 Å². The van der Waals surface area contributed by atoms with Crippen LogP contribution in [0.1, 0.15) is 16.7 Å². The van der Waals surface area contributed by atoms with Gasteiger partial charge in [0.1, 0.15) is 12.4 Å². The van der Waals surface area contributed by atoms with Crippen molar-refractivity contribution >= 4 is 29.4 Å². The Hall–Kier alpha value is -2.56. The molecule has 0 N–H and O–H groups in total. The molecule has 4 nitrogen and oxygen atoms in total. The maximum Gasteiger partial charge on any atom is 0.219 e. The minimum absolute atomic E-state index is 0.258. The lowest BCUT2D eigenvalue weighted by atomic mass is 10.2. The average molecular weight is 387 g/mol. The van der Waals surface area contributed by atoms with Crippen LogP contribution >= 0.6 is 23.2 Å². The van der Waals surface area contributed by atoms with Crippen molar-refractivity contribution in [1.82, 2.24) is 4.98 Å². The number of aryl methyl sites for hydroxylation is 1. The topological polar surface area (TPSA) is 43.7 Å². The molecule has 0 fully saturated rings. The van der Waals surface area contributed by atoms with Crippen molar-refractivity contribution in [3.05, 3.63) is 87.5 Å². The highest BCUT2D eigenvalue weighted by Gasteiger charge is 2.02. The minimum atomic E-state index is 0.258. The van der Waals surface area contributed by atoms with Crippen LogP contribution in [0.5, 0.6) is 11.6 Å². The van der Waals surface area contributed by atoms with Crippen LogP contribution in [0.3, 0.4) is 0 Å². The van der Waals surface area contributed by atoms with E-state index in [1.54, 1.807) is 36.7 Å². The molecular weight excluding hydrogens is 371 g/mol. The molecule has 0 aliphatic heterocycles. The first-order chi connectivity index (χ1) is 12.6. The second-order valence-electron chi connectivity index (χ2n) is 5.59. The molecule has 6 heteroatoms. The van der Waals surface area contributed by atoms with E-state index in [2.05, 4.69) is 10.1 Å². The number of pyridine rings is 1. The van der Waals surface area contributed by atoms with E-state index in [9.17, 15) is 0 Å². The van der Waals surface area contributed by atoms with Crippen LogP contribution < -0.4 is 4.74 Å². The molecular formula is C20H16Cl2N2O2. The number of aromatic nitrogens is 1. The number of nitrogens with zero attached hydrogens (tertiary/aromatic N) is 2. The summed E-state index contributed by atoms with van der Waals surface area (Å²) in [5, 5.41) is 5.06. The van der Waals surface area contributed by atoms with Crippen LogP contribution in [0.2, 0.25) is 10.0 Å². The van der Waals surface area contributed by atoms with Crippen molar-refractivity contribution < 1.29 is 9.57 Å². The van der Waals surface area contributed by atoms with Crippen molar-refractivity contribution in [1.29, 1.82) is 0 Å². The third-order valence-electron chi connectivity index (χ3n) is 3.51. The third-order valence-corrected chi connectivity index (χ3v) is 4.10. The zero-order valence-corrected chi connectivity index (χ0v) is 15.5. The summed E-state index contributed by atoms with van der Waals surface area (Å²) in [5.74, 6) is 1.26. The number of oxime groups is 1. The van der Waals surface area contributed by atoms with Crippen molar-refractivity contribution in [3.63, 3.8) is 0 Å². The van der Waals surface area contributed by atoms with Gasteiger partial charge in [-0.3, -0.25) is 0 Å². The van der Waals surface area contributed by atoms with Crippen molar-refractivity contribution in [2.24, 2.45) is 5.16 Å². The summed E-state index contributed by atoms with van der Waals surface area (Å²) in [4.78, 5) is 9.52. The largest absolute Gasteiger partial charge is 0.439 e. The summed E-state index contributed by atoms with van der Waals surface area (Å²) in [7, 11) is 0.